The van der Waals surface area contributed by atoms with E-state index in [0.29, 0.717) is 12.8 Å². The number of aliphatic carboxylic acids is 1. The van der Waals surface area contributed by atoms with Crippen molar-refractivity contribution in [3.8, 4) is 0 Å². The highest BCUT2D eigenvalue weighted by atomic mass is 16.6. The number of hydrogen-bond donors (Lipinski definition) is 0. The molecule has 0 N–H and O–H groups in total. The number of hydrogen-bond acceptors (Lipinski definition) is 7. The lowest BCUT2D eigenvalue weighted by molar-refractivity contribution is -0.889. The first-order valence-corrected chi connectivity index (χ1v) is 25.4. The first-order chi connectivity index (χ1) is 29.1. The van der Waals surface area contributed by atoms with Gasteiger partial charge in [-0.3, -0.25) is 9.59 Å². The summed E-state index contributed by atoms with van der Waals surface area (Å²) in [7, 11) is 5.42. The number of allylic oxidation sites excluding steroid dienone is 4. The Morgan fingerprint density at radius 2 is 0.833 bits per heavy atom. The molecule has 0 aromatic heterocycles. The van der Waals surface area contributed by atoms with Gasteiger partial charge in [0.25, 0.3) is 0 Å². The van der Waals surface area contributed by atoms with Crippen molar-refractivity contribution in [1.82, 2.24) is 0 Å². The second kappa shape index (κ2) is 43.5. The molecule has 0 rings (SSSR count). The maximum Gasteiger partial charge on any atom is 0.306 e. The Morgan fingerprint density at radius 1 is 0.483 bits per heavy atom. The number of ether oxygens (including phenoxy) is 3. The third-order valence-electron chi connectivity index (χ3n) is 11.6. The van der Waals surface area contributed by atoms with Crippen LogP contribution in [0.4, 0.5) is 0 Å². The topological polar surface area (TPSA) is 102 Å². The van der Waals surface area contributed by atoms with Gasteiger partial charge in [-0.2, -0.15) is 0 Å². The minimum Gasteiger partial charge on any atom is -0.544 e. The molecule has 0 aromatic carbocycles. The minimum absolute atomic E-state index is 0.0409. The number of carbonyl (C=O) groups excluding carboxylic acids is 3. The maximum atomic E-state index is 12.8. The number of esters is 2. The van der Waals surface area contributed by atoms with Crippen molar-refractivity contribution < 1.29 is 38.2 Å². The Morgan fingerprint density at radius 3 is 1.20 bits per heavy atom. The van der Waals surface area contributed by atoms with E-state index in [2.05, 4.69) is 38.2 Å². The lowest BCUT2D eigenvalue weighted by atomic mass is 10.1. The molecule has 0 aliphatic heterocycles. The van der Waals surface area contributed by atoms with Crippen molar-refractivity contribution in [2.24, 2.45) is 0 Å². The number of likely N-dealkylation sites (N-methyl/N-ethyl adjacent to an activating group) is 1. The second-order valence-electron chi connectivity index (χ2n) is 18.4. The van der Waals surface area contributed by atoms with Crippen LogP contribution in [0.1, 0.15) is 239 Å². The van der Waals surface area contributed by atoms with Crippen molar-refractivity contribution in [1.29, 1.82) is 0 Å². The summed E-state index contributed by atoms with van der Waals surface area (Å²) < 4.78 is 17.2. The summed E-state index contributed by atoms with van der Waals surface area (Å²) in [6.07, 6.45) is 49.1. The van der Waals surface area contributed by atoms with Crippen LogP contribution in [0.15, 0.2) is 24.3 Å². The molecule has 0 saturated carbocycles. The average Bonchev–Trinajstić information content (AvgIpc) is 3.21. The van der Waals surface area contributed by atoms with Crippen LogP contribution in [0.3, 0.4) is 0 Å². The van der Waals surface area contributed by atoms with Gasteiger partial charge in [0.1, 0.15) is 12.6 Å². The van der Waals surface area contributed by atoms with Gasteiger partial charge in [-0.1, -0.05) is 179 Å². The van der Waals surface area contributed by atoms with Crippen LogP contribution in [-0.2, 0) is 28.6 Å². The molecule has 60 heavy (non-hydrogen) atoms. The van der Waals surface area contributed by atoms with Crippen LogP contribution in [0.25, 0.3) is 0 Å². The first-order valence-electron chi connectivity index (χ1n) is 25.4. The lowest BCUT2D eigenvalue weighted by Crippen LogP contribution is -2.55. The molecule has 352 valence electrons. The number of unbranched alkanes of at least 4 members (excludes halogenated alkanes) is 28. The van der Waals surface area contributed by atoms with E-state index in [0.717, 1.165) is 38.5 Å². The summed E-state index contributed by atoms with van der Waals surface area (Å²) >= 11 is 0. The predicted molar refractivity (Wildman–Crippen MR) is 250 cm³/mol. The van der Waals surface area contributed by atoms with Crippen LogP contribution in [0, 0.1) is 0 Å². The Balaban J connectivity index is 4.25. The Labute approximate surface area is 371 Å². The molecule has 0 aliphatic carbocycles. The standard InChI is InChI=1S/C52H97NO7/c1-6-8-10-12-14-16-18-20-22-24-26-28-30-32-34-36-38-40-42-50(54)59-47-48(46-58-45-44-49(52(56)57)53(3,4)5)60-51(55)43-41-39-37-35-33-31-29-27-25-23-21-19-17-15-13-11-9-7-2/h22-25,48-49H,6-21,26-47H2,1-5H3/b24-22-,25-23-. The van der Waals surface area contributed by atoms with E-state index in [1.807, 2.05) is 0 Å². The second-order valence-corrected chi connectivity index (χ2v) is 18.4. The largest absolute Gasteiger partial charge is 0.544 e. The van der Waals surface area contributed by atoms with Crippen molar-refractivity contribution in [2.45, 2.75) is 251 Å². The Bertz CT molecular complexity index is 1040. The van der Waals surface area contributed by atoms with E-state index in [4.69, 9.17) is 14.2 Å². The summed E-state index contributed by atoms with van der Waals surface area (Å²) in [4.78, 5) is 37.0. The van der Waals surface area contributed by atoms with Crippen LogP contribution in [-0.4, -0.2) is 75.5 Å². The van der Waals surface area contributed by atoms with Crippen LogP contribution in [0.2, 0.25) is 0 Å². The van der Waals surface area contributed by atoms with Gasteiger partial charge >= 0.3 is 11.9 Å². The quantitative estimate of drug-likeness (QED) is 0.0260. The van der Waals surface area contributed by atoms with Crippen molar-refractivity contribution in [2.75, 3.05) is 41.0 Å². The molecule has 0 fully saturated rings. The predicted octanol–water partition coefficient (Wildman–Crippen LogP) is 13.1. The van der Waals surface area contributed by atoms with Crippen LogP contribution >= 0.6 is 0 Å². The van der Waals surface area contributed by atoms with Gasteiger partial charge in [0, 0.05) is 19.3 Å². The minimum atomic E-state index is -1.12. The van der Waals surface area contributed by atoms with Gasteiger partial charge in [-0.25, -0.2) is 0 Å². The average molecular weight is 848 g/mol. The Hall–Kier alpha value is -2.19. The maximum absolute atomic E-state index is 12.8. The summed E-state index contributed by atoms with van der Waals surface area (Å²) in [6, 6.07) is -0.725. The molecule has 2 unspecified atom stereocenters. The highest BCUT2D eigenvalue weighted by Gasteiger charge is 2.25. The highest BCUT2D eigenvalue weighted by Crippen LogP contribution is 2.15. The van der Waals surface area contributed by atoms with Crippen LogP contribution < -0.4 is 5.11 Å². The molecule has 8 heteroatoms. The summed E-state index contributed by atoms with van der Waals surface area (Å²) in [5, 5.41) is 11.7. The van der Waals surface area contributed by atoms with Gasteiger partial charge in [0.2, 0.25) is 0 Å². The van der Waals surface area contributed by atoms with Crippen LogP contribution in [0.5, 0.6) is 0 Å². The van der Waals surface area contributed by atoms with E-state index in [-0.39, 0.29) is 42.7 Å². The van der Waals surface area contributed by atoms with Crippen molar-refractivity contribution in [3.63, 3.8) is 0 Å². The summed E-state index contributed by atoms with van der Waals surface area (Å²) in [5.74, 6) is -1.73. The van der Waals surface area contributed by atoms with Gasteiger partial charge in [0.05, 0.1) is 40.3 Å². The molecule has 0 aromatic rings. The lowest BCUT2D eigenvalue weighted by Gasteiger charge is -2.34. The Kier molecular flexibility index (Phi) is 41.9. The first kappa shape index (κ1) is 57.8. The number of nitrogens with zero attached hydrogens (tertiary/aromatic N) is 1. The highest BCUT2D eigenvalue weighted by molar-refractivity contribution is 5.70. The third kappa shape index (κ3) is 41.2. The van der Waals surface area contributed by atoms with Crippen molar-refractivity contribution in [3.05, 3.63) is 24.3 Å². The number of carboxylic acids is 1. The number of carbonyl (C=O) groups is 3. The summed E-state index contributed by atoms with van der Waals surface area (Å²) in [6.45, 7) is 4.68. The number of quaternary nitrogens is 1. The van der Waals surface area contributed by atoms with E-state index < -0.39 is 18.1 Å². The molecular weight excluding hydrogens is 751 g/mol. The molecule has 2 atom stereocenters. The molecule has 0 amide bonds. The van der Waals surface area contributed by atoms with Gasteiger partial charge in [0.15, 0.2) is 6.10 Å². The third-order valence-corrected chi connectivity index (χ3v) is 11.6. The van der Waals surface area contributed by atoms with Gasteiger partial charge in [-0.15, -0.1) is 0 Å². The molecule has 0 spiro atoms. The molecule has 0 radical (unpaired) electrons. The normalized spacial score (nSPS) is 13.0. The molecular formula is C52H97NO7. The fourth-order valence-corrected chi connectivity index (χ4v) is 7.59. The monoisotopic (exact) mass is 848 g/mol. The van der Waals surface area contributed by atoms with E-state index in [1.165, 1.54) is 167 Å². The number of rotatable bonds is 46. The molecule has 0 aliphatic rings. The fourth-order valence-electron chi connectivity index (χ4n) is 7.59. The zero-order chi connectivity index (χ0) is 44.2. The fraction of sp³-hybridized carbons (Fsp3) is 0.865. The molecule has 0 heterocycles. The van der Waals surface area contributed by atoms with E-state index >= 15 is 0 Å². The smallest absolute Gasteiger partial charge is 0.306 e. The SMILES string of the molecule is CCCCCCCCC/C=C\CCCCCCCCCC(=O)OCC(COCCC(C(=O)[O-])[N+](C)(C)C)OC(=O)CCCCCCCCC/C=C\CCCCCCCCC. The zero-order valence-electron chi connectivity index (χ0n) is 40.1. The summed E-state index contributed by atoms with van der Waals surface area (Å²) in [5.41, 5.74) is 0. The van der Waals surface area contributed by atoms with E-state index in [1.54, 1.807) is 21.1 Å². The van der Waals surface area contributed by atoms with Gasteiger partial charge in [-0.05, 0) is 64.2 Å². The van der Waals surface area contributed by atoms with Crippen molar-refractivity contribution >= 4 is 17.9 Å². The number of carboxylic acid groups (broad SMARTS) is 1. The van der Waals surface area contributed by atoms with E-state index in [9.17, 15) is 19.5 Å². The molecule has 8 nitrogen and oxygen atoms in total. The van der Waals surface area contributed by atoms with Gasteiger partial charge < -0.3 is 28.6 Å². The molecule has 0 bridgehead atoms. The zero-order valence-corrected chi connectivity index (χ0v) is 40.1. The molecule has 0 saturated heterocycles.